The Morgan fingerprint density at radius 1 is 1.07 bits per heavy atom. The minimum atomic E-state index is 0.0360. The quantitative estimate of drug-likeness (QED) is 0.529. The van der Waals surface area contributed by atoms with Gasteiger partial charge >= 0.3 is 0 Å². The molecule has 5 heteroatoms. The van der Waals surface area contributed by atoms with Gasteiger partial charge in [-0.3, -0.25) is 4.79 Å². The van der Waals surface area contributed by atoms with Gasteiger partial charge < -0.3 is 15.0 Å². The summed E-state index contributed by atoms with van der Waals surface area (Å²) in [5.74, 6) is 1.50. The third kappa shape index (κ3) is 3.04. The lowest BCUT2D eigenvalue weighted by Crippen LogP contribution is -2.17. The zero-order chi connectivity index (χ0) is 19.0. The van der Waals surface area contributed by atoms with E-state index in [2.05, 4.69) is 24.3 Å². The molecule has 5 nitrogen and oxygen atoms in total. The number of fused-ring (bicyclic) bond motifs is 5. The highest BCUT2D eigenvalue weighted by Crippen LogP contribution is 2.44. The Morgan fingerprint density at radius 2 is 1.89 bits per heavy atom. The fourth-order valence-electron chi connectivity index (χ4n) is 3.63. The Hall–Kier alpha value is -2.92. The number of para-hydroxylation sites is 1. The van der Waals surface area contributed by atoms with Crippen LogP contribution in [0.4, 0.5) is 5.82 Å². The molecule has 1 aliphatic rings. The fourth-order valence-corrected chi connectivity index (χ4v) is 3.63. The van der Waals surface area contributed by atoms with Gasteiger partial charge in [-0.1, -0.05) is 18.2 Å². The SMILES string of the molecule is COc1ccc2c(c1)C(=O)c1c-2c(NCCCN(C)C)nc2ccccc12. The van der Waals surface area contributed by atoms with Crippen LogP contribution in [0.25, 0.3) is 22.0 Å². The van der Waals surface area contributed by atoms with Crippen LogP contribution < -0.4 is 10.1 Å². The maximum absolute atomic E-state index is 13.2. The van der Waals surface area contributed by atoms with Crippen LogP contribution in [0, 0.1) is 0 Å². The second-order valence-corrected chi connectivity index (χ2v) is 7.05. The molecule has 0 radical (unpaired) electrons. The highest BCUT2D eigenvalue weighted by atomic mass is 16.5. The van der Waals surface area contributed by atoms with Crippen LogP contribution in [-0.2, 0) is 0 Å². The average Bonchev–Trinajstić information content (AvgIpc) is 2.98. The molecule has 1 aliphatic carbocycles. The lowest BCUT2D eigenvalue weighted by Gasteiger charge is -2.14. The van der Waals surface area contributed by atoms with Gasteiger partial charge in [0.15, 0.2) is 5.78 Å². The first-order valence-corrected chi connectivity index (χ1v) is 9.14. The summed E-state index contributed by atoms with van der Waals surface area (Å²) in [6.45, 7) is 1.80. The third-order valence-corrected chi connectivity index (χ3v) is 4.93. The minimum absolute atomic E-state index is 0.0360. The van der Waals surface area contributed by atoms with Gasteiger partial charge in [-0.25, -0.2) is 4.98 Å². The molecule has 0 fully saturated rings. The summed E-state index contributed by atoms with van der Waals surface area (Å²) in [4.78, 5) is 20.2. The van der Waals surface area contributed by atoms with E-state index in [1.165, 1.54) is 0 Å². The normalized spacial score (nSPS) is 12.4. The molecule has 3 aromatic rings. The second kappa shape index (κ2) is 7.00. The van der Waals surface area contributed by atoms with E-state index in [9.17, 15) is 4.79 Å². The molecule has 1 N–H and O–H groups in total. The number of hydrogen-bond acceptors (Lipinski definition) is 5. The van der Waals surface area contributed by atoms with Crippen LogP contribution in [0.2, 0.25) is 0 Å². The Balaban J connectivity index is 1.83. The van der Waals surface area contributed by atoms with E-state index in [1.54, 1.807) is 7.11 Å². The number of carbonyl (C=O) groups excluding carboxylic acids is 1. The van der Waals surface area contributed by atoms with Gasteiger partial charge in [0, 0.05) is 28.6 Å². The number of hydrogen-bond donors (Lipinski definition) is 1. The molecule has 0 aliphatic heterocycles. The molecule has 4 rings (SSSR count). The number of ketones is 1. The van der Waals surface area contributed by atoms with Gasteiger partial charge in [-0.05, 0) is 56.9 Å². The molecule has 0 unspecified atom stereocenters. The van der Waals surface area contributed by atoms with Crippen molar-refractivity contribution in [2.45, 2.75) is 6.42 Å². The van der Waals surface area contributed by atoms with Crippen molar-refractivity contribution in [2.24, 2.45) is 0 Å². The largest absolute Gasteiger partial charge is 0.497 e. The monoisotopic (exact) mass is 361 g/mol. The zero-order valence-corrected chi connectivity index (χ0v) is 15.9. The number of ether oxygens (including phenoxy) is 1. The number of methoxy groups -OCH3 is 1. The smallest absolute Gasteiger partial charge is 0.195 e. The maximum atomic E-state index is 13.2. The second-order valence-electron chi connectivity index (χ2n) is 7.05. The number of carbonyl (C=O) groups is 1. The van der Waals surface area contributed by atoms with Crippen LogP contribution >= 0.6 is 0 Å². The Labute approximate surface area is 159 Å². The first kappa shape index (κ1) is 17.5. The molecule has 0 spiro atoms. The van der Waals surface area contributed by atoms with E-state index in [0.29, 0.717) is 11.3 Å². The molecule has 138 valence electrons. The molecule has 0 amide bonds. The van der Waals surface area contributed by atoms with Crippen molar-refractivity contribution in [3.63, 3.8) is 0 Å². The van der Waals surface area contributed by atoms with Crippen LogP contribution in [0.3, 0.4) is 0 Å². The molecule has 1 aromatic heterocycles. The summed E-state index contributed by atoms with van der Waals surface area (Å²) in [6.07, 6.45) is 1.000. The van der Waals surface area contributed by atoms with Crippen molar-refractivity contribution in [3.05, 3.63) is 53.6 Å². The van der Waals surface area contributed by atoms with Gasteiger partial charge in [0.2, 0.25) is 0 Å². The van der Waals surface area contributed by atoms with E-state index in [4.69, 9.17) is 9.72 Å². The van der Waals surface area contributed by atoms with Crippen molar-refractivity contribution in [2.75, 3.05) is 39.6 Å². The number of rotatable bonds is 6. The first-order chi connectivity index (χ1) is 13.1. The summed E-state index contributed by atoms with van der Waals surface area (Å²) < 4.78 is 5.32. The molecular formula is C22H23N3O2. The third-order valence-electron chi connectivity index (χ3n) is 4.93. The summed E-state index contributed by atoms with van der Waals surface area (Å²) in [5, 5.41) is 4.36. The van der Waals surface area contributed by atoms with Crippen LogP contribution in [-0.4, -0.2) is 50.0 Å². The van der Waals surface area contributed by atoms with Crippen LogP contribution in [0.15, 0.2) is 42.5 Å². The van der Waals surface area contributed by atoms with Gasteiger partial charge in [-0.2, -0.15) is 0 Å². The van der Waals surface area contributed by atoms with E-state index >= 15 is 0 Å². The summed E-state index contributed by atoms with van der Waals surface area (Å²) in [7, 11) is 5.74. The number of pyridine rings is 1. The number of benzene rings is 2. The lowest BCUT2D eigenvalue weighted by molar-refractivity contribution is 0.104. The molecule has 27 heavy (non-hydrogen) atoms. The Kier molecular flexibility index (Phi) is 4.54. The Bertz CT molecular complexity index is 1030. The standard InChI is InChI=1S/C22H23N3O2/c1-25(2)12-6-11-23-22-20-15-10-9-14(27-3)13-17(15)21(26)19(20)16-7-4-5-8-18(16)24-22/h4-5,7-10,13H,6,11-12H2,1-3H3,(H,23,24). The highest BCUT2D eigenvalue weighted by molar-refractivity contribution is 6.28. The predicted molar refractivity (Wildman–Crippen MR) is 109 cm³/mol. The molecule has 1 heterocycles. The minimum Gasteiger partial charge on any atom is -0.497 e. The first-order valence-electron chi connectivity index (χ1n) is 9.14. The van der Waals surface area contributed by atoms with Crippen molar-refractivity contribution in [1.29, 1.82) is 0 Å². The number of aromatic nitrogens is 1. The van der Waals surface area contributed by atoms with E-state index in [-0.39, 0.29) is 5.78 Å². The van der Waals surface area contributed by atoms with Crippen molar-refractivity contribution in [1.82, 2.24) is 9.88 Å². The Morgan fingerprint density at radius 3 is 2.67 bits per heavy atom. The number of anilines is 1. The van der Waals surface area contributed by atoms with E-state index < -0.39 is 0 Å². The van der Waals surface area contributed by atoms with Gasteiger partial charge in [-0.15, -0.1) is 0 Å². The van der Waals surface area contributed by atoms with Gasteiger partial charge in [0.1, 0.15) is 11.6 Å². The number of nitrogens with zero attached hydrogens (tertiary/aromatic N) is 2. The predicted octanol–water partition coefficient (Wildman–Crippen LogP) is 3.82. The van der Waals surface area contributed by atoms with Crippen molar-refractivity contribution >= 4 is 22.5 Å². The van der Waals surface area contributed by atoms with Crippen molar-refractivity contribution in [3.8, 4) is 16.9 Å². The molecule has 0 atom stereocenters. The van der Waals surface area contributed by atoms with Gasteiger partial charge in [0.05, 0.1) is 12.6 Å². The molecule has 0 bridgehead atoms. The topological polar surface area (TPSA) is 54.5 Å². The summed E-state index contributed by atoms with van der Waals surface area (Å²) >= 11 is 0. The maximum Gasteiger partial charge on any atom is 0.195 e. The molecule has 2 aromatic carbocycles. The fraction of sp³-hybridized carbons (Fsp3) is 0.273. The molecule has 0 saturated heterocycles. The lowest BCUT2D eigenvalue weighted by atomic mass is 10.0. The van der Waals surface area contributed by atoms with Crippen LogP contribution in [0.5, 0.6) is 5.75 Å². The number of nitrogens with one attached hydrogen (secondary N) is 1. The van der Waals surface area contributed by atoms with E-state index in [0.717, 1.165) is 52.9 Å². The molecular weight excluding hydrogens is 338 g/mol. The van der Waals surface area contributed by atoms with E-state index in [1.807, 2.05) is 42.5 Å². The van der Waals surface area contributed by atoms with Gasteiger partial charge in [0.25, 0.3) is 0 Å². The zero-order valence-electron chi connectivity index (χ0n) is 15.9. The molecule has 0 saturated carbocycles. The summed E-state index contributed by atoms with van der Waals surface area (Å²) in [5.41, 5.74) is 4.07. The average molecular weight is 361 g/mol. The highest BCUT2D eigenvalue weighted by Gasteiger charge is 2.32. The van der Waals surface area contributed by atoms with Crippen molar-refractivity contribution < 1.29 is 9.53 Å². The van der Waals surface area contributed by atoms with Crippen LogP contribution in [0.1, 0.15) is 22.3 Å². The summed E-state index contributed by atoms with van der Waals surface area (Å²) in [6, 6.07) is 13.5.